The zero-order chi connectivity index (χ0) is 10.3. The van der Waals surface area contributed by atoms with Crippen molar-refractivity contribution in [1.82, 2.24) is 4.57 Å². The summed E-state index contributed by atoms with van der Waals surface area (Å²) < 4.78 is 1.59. The fourth-order valence-electron chi connectivity index (χ4n) is 1.65. The molecule has 1 heterocycles. The number of aromatic carboxylic acids is 1. The highest BCUT2D eigenvalue weighted by Gasteiger charge is 2.12. The number of carbonyl (C=O) groups is 1. The normalized spacial score (nSPS) is 10.6. The Morgan fingerprint density at radius 3 is 2.79 bits per heavy atom. The third-order valence-corrected chi connectivity index (χ3v) is 2.31. The van der Waals surface area contributed by atoms with Crippen molar-refractivity contribution in [3.8, 4) is 0 Å². The number of hydrogen-bond donors (Lipinski definition) is 2. The van der Waals surface area contributed by atoms with E-state index in [-0.39, 0.29) is 5.69 Å². The molecule has 0 amide bonds. The molecule has 2 rings (SSSR count). The van der Waals surface area contributed by atoms with Gasteiger partial charge in [-0.05, 0) is 12.1 Å². The molecule has 0 atom stereocenters. The van der Waals surface area contributed by atoms with Crippen molar-refractivity contribution in [1.29, 1.82) is 0 Å². The van der Waals surface area contributed by atoms with E-state index >= 15 is 0 Å². The minimum Gasteiger partial charge on any atom is -0.477 e. The van der Waals surface area contributed by atoms with Crippen LogP contribution >= 0.6 is 0 Å². The minimum absolute atomic E-state index is 0.248. The van der Waals surface area contributed by atoms with Crippen molar-refractivity contribution in [3.63, 3.8) is 0 Å². The number of para-hydroxylation sites is 1. The molecule has 0 bridgehead atoms. The number of carboxylic acid groups (broad SMARTS) is 1. The predicted octanol–water partition coefficient (Wildman–Crippen LogP) is 1.46. The maximum atomic E-state index is 10.8. The summed E-state index contributed by atoms with van der Waals surface area (Å²) in [5.41, 5.74) is 7.37. The van der Waals surface area contributed by atoms with Gasteiger partial charge in [-0.1, -0.05) is 12.1 Å². The lowest BCUT2D eigenvalue weighted by molar-refractivity contribution is 0.0687. The number of aromatic nitrogens is 1. The molecular weight excluding hydrogens is 180 g/mol. The summed E-state index contributed by atoms with van der Waals surface area (Å²) in [5.74, 6) is -0.942. The number of rotatable bonds is 1. The maximum Gasteiger partial charge on any atom is 0.352 e. The lowest BCUT2D eigenvalue weighted by Crippen LogP contribution is -2.04. The molecule has 72 valence electrons. The largest absolute Gasteiger partial charge is 0.477 e. The molecule has 14 heavy (non-hydrogen) atoms. The number of nitrogens with two attached hydrogens (primary N) is 1. The van der Waals surface area contributed by atoms with Gasteiger partial charge in [0.05, 0.1) is 11.2 Å². The van der Waals surface area contributed by atoms with Gasteiger partial charge >= 0.3 is 5.97 Å². The number of benzene rings is 1. The van der Waals surface area contributed by atoms with Crippen molar-refractivity contribution in [2.45, 2.75) is 0 Å². The van der Waals surface area contributed by atoms with Crippen LogP contribution in [-0.2, 0) is 7.05 Å². The van der Waals surface area contributed by atoms with E-state index in [2.05, 4.69) is 0 Å². The molecule has 0 saturated heterocycles. The van der Waals surface area contributed by atoms with E-state index in [0.29, 0.717) is 5.69 Å². The molecule has 0 radical (unpaired) electrons. The van der Waals surface area contributed by atoms with Crippen molar-refractivity contribution in [2.75, 3.05) is 5.73 Å². The van der Waals surface area contributed by atoms with Gasteiger partial charge in [0, 0.05) is 12.4 Å². The highest BCUT2D eigenvalue weighted by molar-refractivity contribution is 5.98. The number of fused-ring (bicyclic) bond motifs is 1. The van der Waals surface area contributed by atoms with Crippen LogP contribution in [0.2, 0.25) is 0 Å². The smallest absolute Gasteiger partial charge is 0.352 e. The zero-order valence-corrected chi connectivity index (χ0v) is 7.69. The van der Waals surface area contributed by atoms with Crippen LogP contribution in [0.25, 0.3) is 10.9 Å². The Hall–Kier alpha value is -1.97. The second kappa shape index (κ2) is 2.77. The van der Waals surface area contributed by atoms with E-state index in [1.165, 1.54) is 0 Å². The van der Waals surface area contributed by atoms with Crippen molar-refractivity contribution < 1.29 is 9.90 Å². The van der Waals surface area contributed by atoms with Crippen LogP contribution in [0.4, 0.5) is 5.69 Å². The Bertz CT molecular complexity index is 514. The topological polar surface area (TPSA) is 68.2 Å². The van der Waals surface area contributed by atoms with Gasteiger partial charge in [-0.2, -0.15) is 0 Å². The second-order valence-electron chi connectivity index (χ2n) is 3.18. The van der Waals surface area contributed by atoms with Gasteiger partial charge in [-0.25, -0.2) is 4.79 Å². The number of hydrogen-bond acceptors (Lipinski definition) is 2. The number of anilines is 1. The summed E-state index contributed by atoms with van der Waals surface area (Å²) in [6, 6.07) is 7.03. The van der Waals surface area contributed by atoms with Crippen LogP contribution in [0.15, 0.2) is 24.3 Å². The summed E-state index contributed by atoms with van der Waals surface area (Å²) in [5, 5.41) is 9.75. The molecule has 0 saturated carbocycles. The van der Waals surface area contributed by atoms with Gasteiger partial charge in [-0.15, -0.1) is 0 Å². The quantitative estimate of drug-likeness (QED) is 0.669. The third kappa shape index (κ3) is 1.04. The molecule has 0 spiro atoms. The average molecular weight is 190 g/mol. The van der Waals surface area contributed by atoms with E-state index in [1.54, 1.807) is 23.7 Å². The van der Waals surface area contributed by atoms with Gasteiger partial charge in [0.25, 0.3) is 0 Å². The fraction of sp³-hybridized carbons (Fsp3) is 0.100. The Morgan fingerprint density at radius 1 is 1.50 bits per heavy atom. The third-order valence-electron chi connectivity index (χ3n) is 2.31. The lowest BCUT2D eigenvalue weighted by Gasteiger charge is -2.01. The summed E-state index contributed by atoms with van der Waals surface area (Å²) in [7, 11) is 1.70. The Morgan fingerprint density at radius 2 is 2.21 bits per heavy atom. The van der Waals surface area contributed by atoms with Gasteiger partial charge in [0.15, 0.2) is 0 Å². The molecular formula is C10H10N2O2. The minimum atomic E-state index is -0.942. The molecule has 0 unspecified atom stereocenters. The molecule has 1 aromatic heterocycles. The number of carboxylic acids is 1. The monoisotopic (exact) mass is 190 g/mol. The first-order valence-corrected chi connectivity index (χ1v) is 4.18. The summed E-state index contributed by atoms with van der Waals surface area (Å²) >= 11 is 0. The van der Waals surface area contributed by atoms with Crippen molar-refractivity contribution in [2.24, 2.45) is 7.05 Å². The first-order valence-electron chi connectivity index (χ1n) is 4.18. The van der Waals surface area contributed by atoms with E-state index in [1.807, 2.05) is 12.1 Å². The number of nitrogen functional groups attached to an aromatic ring is 1. The SMILES string of the molecule is Cn1c(C(=O)O)cc2cccc(N)c21. The summed E-state index contributed by atoms with van der Waals surface area (Å²) in [4.78, 5) is 10.8. The van der Waals surface area contributed by atoms with Crippen molar-refractivity contribution >= 4 is 22.6 Å². The molecule has 0 aliphatic heterocycles. The highest BCUT2D eigenvalue weighted by Crippen LogP contribution is 2.23. The van der Waals surface area contributed by atoms with Crippen LogP contribution in [0.5, 0.6) is 0 Å². The first-order chi connectivity index (χ1) is 6.61. The fourth-order valence-corrected chi connectivity index (χ4v) is 1.65. The number of nitrogens with zero attached hydrogens (tertiary/aromatic N) is 1. The molecule has 2 aromatic rings. The van der Waals surface area contributed by atoms with E-state index in [9.17, 15) is 4.79 Å². The zero-order valence-electron chi connectivity index (χ0n) is 7.69. The van der Waals surface area contributed by atoms with Crippen LogP contribution in [0.1, 0.15) is 10.5 Å². The standard InChI is InChI=1S/C10H10N2O2/c1-12-8(10(13)14)5-6-3-2-4-7(11)9(6)12/h2-5H,11H2,1H3,(H,13,14). The van der Waals surface area contributed by atoms with Crippen molar-refractivity contribution in [3.05, 3.63) is 30.0 Å². The van der Waals surface area contributed by atoms with Crippen LogP contribution in [-0.4, -0.2) is 15.6 Å². The highest BCUT2D eigenvalue weighted by atomic mass is 16.4. The Balaban J connectivity index is 2.87. The van der Waals surface area contributed by atoms with Crippen LogP contribution < -0.4 is 5.73 Å². The molecule has 0 aliphatic carbocycles. The van der Waals surface area contributed by atoms with E-state index in [4.69, 9.17) is 10.8 Å². The Labute approximate surface area is 80.6 Å². The van der Waals surface area contributed by atoms with Gasteiger partial charge in [0.1, 0.15) is 5.69 Å². The molecule has 0 aliphatic rings. The van der Waals surface area contributed by atoms with Gasteiger partial charge in [-0.3, -0.25) is 0 Å². The first kappa shape index (κ1) is 8.62. The second-order valence-corrected chi connectivity index (χ2v) is 3.18. The average Bonchev–Trinajstić information content (AvgIpc) is 2.45. The molecule has 4 heteroatoms. The lowest BCUT2D eigenvalue weighted by atomic mass is 10.2. The van der Waals surface area contributed by atoms with E-state index in [0.717, 1.165) is 10.9 Å². The molecule has 1 aromatic carbocycles. The Kier molecular flexibility index (Phi) is 1.70. The molecule has 3 N–H and O–H groups in total. The summed E-state index contributed by atoms with van der Waals surface area (Å²) in [6.45, 7) is 0. The molecule has 4 nitrogen and oxygen atoms in total. The van der Waals surface area contributed by atoms with Gasteiger partial charge in [0.2, 0.25) is 0 Å². The van der Waals surface area contributed by atoms with Crippen LogP contribution in [0, 0.1) is 0 Å². The summed E-state index contributed by atoms with van der Waals surface area (Å²) in [6.07, 6.45) is 0. The number of aryl methyl sites for hydroxylation is 1. The maximum absolute atomic E-state index is 10.8. The van der Waals surface area contributed by atoms with Gasteiger partial charge < -0.3 is 15.4 Å². The van der Waals surface area contributed by atoms with Crippen LogP contribution in [0.3, 0.4) is 0 Å². The predicted molar refractivity (Wildman–Crippen MR) is 54.3 cm³/mol. The molecule has 0 fully saturated rings. The van der Waals surface area contributed by atoms with E-state index < -0.39 is 5.97 Å².